The zero-order valence-electron chi connectivity index (χ0n) is 10.1. The van der Waals surface area contributed by atoms with Crippen molar-refractivity contribution >= 4 is 0 Å². The predicted molar refractivity (Wildman–Crippen MR) is 69.6 cm³/mol. The van der Waals surface area contributed by atoms with Crippen LogP contribution in [0.5, 0.6) is 11.5 Å². The zero-order chi connectivity index (χ0) is 12.2. The molecule has 1 aliphatic heterocycles. The molecular weight excluding hydrogens is 226 g/mol. The Bertz CT molecular complexity index is 525. The Morgan fingerprint density at radius 2 is 1.78 bits per heavy atom. The van der Waals surface area contributed by atoms with E-state index in [4.69, 9.17) is 9.47 Å². The smallest absolute Gasteiger partial charge is 0.231 e. The van der Waals surface area contributed by atoms with Gasteiger partial charge in [0.05, 0.1) is 0 Å². The van der Waals surface area contributed by atoms with Crippen LogP contribution in [0.25, 0.3) is 0 Å². The van der Waals surface area contributed by atoms with Gasteiger partial charge in [0.25, 0.3) is 0 Å². The van der Waals surface area contributed by atoms with Gasteiger partial charge in [-0.25, -0.2) is 0 Å². The Balaban J connectivity index is 1.63. The summed E-state index contributed by atoms with van der Waals surface area (Å²) < 4.78 is 10.8. The Hall–Kier alpha value is -2.00. The lowest BCUT2D eigenvalue weighted by molar-refractivity contribution is 0.173. The minimum Gasteiger partial charge on any atom is -0.454 e. The molecule has 1 aliphatic rings. The molecule has 1 heterocycles. The molecule has 18 heavy (non-hydrogen) atoms. The number of benzene rings is 2. The molecule has 3 rings (SSSR count). The number of hydrogen-bond acceptors (Lipinski definition) is 3. The fourth-order valence-corrected chi connectivity index (χ4v) is 2.07. The van der Waals surface area contributed by atoms with Crippen LogP contribution in [0.3, 0.4) is 0 Å². The molecule has 0 aliphatic carbocycles. The maximum atomic E-state index is 5.47. The summed E-state index contributed by atoms with van der Waals surface area (Å²) in [4.78, 5) is 0. The third-order valence-electron chi connectivity index (χ3n) is 2.97. The van der Waals surface area contributed by atoms with Gasteiger partial charge in [-0.15, -0.1) is 0 Å². The van der Waals surface area contributed by atoms with Crippen LogP contribution >= 0.6 is 0 Å². The fraction of sp³-hybridized carbons (Fsp3) is 0.200. The standard InChI is InChI=1S/C15H15NO2/c1-2-5-12(6-3-1)9-16-10-13-7-4-8-14-15(13)18-11-17-14/h1-8,16H,9-11H2. The third kappa shape index (κ3) is 2.31. The second-order valence-electron chi connectivity index (χ2n) is 4.24. The summed E-state index contributed by atoms with van der Waals surface area (Å²) >= 11 is 0. The predicted octanol–water partition coefficient (Wildman–Crippen LogP) is 2.71. The van der Waals surface area contributed by atoms with Gasteiger partial charge in [0.15, 0.2) is 11.5 Å². The van der Waals surface area contributed by atoms with Crippen molar-refractivity contribution in [2.24, 2.45) is 0 Å². The van der Waals surface area contributed by atoms with Crippen LogP contribution in [-0.4, -0.2) is 6.79 Å². The SMILES string of the molecule is c1ccc(CNCc2cccc3c2OCO3)cc1. The molecule has 0 atom stereocenters. The van der Waals surface area contributed by atoms with Crippen molar-refractivity contribution in [2.75, 3.05) is 6.79 Å². The third-order valence-corrected chi connectivity index (χ3v) is 2.97. The van der Waals surface area contributed by atoms with Crippen molar-refractivity contribution in [1.29, 1.82) is 0 Å². The van der Waals surface area contributed by atoms with Crippen LogP contribution in [0, 0.1) is 0 Å². The first-order valence-electron chi connectivity index (χ1n) is 6.05. The first-order valence-corrected chi connectivity index (χ1v) is 6.05. The average molecular weight is 241 g/mol. The Morgan fingerprint density at radius 1 is 0.889 bits per heavy atom. The lowest BCUT2D eigenvalue weighted by atomic mass is 10.1. The largest absolute Gasteiger partial charge is 0.454 e. The molecule has 2 aromatic carbocycles. The molecule has 92 valence electrons. The highest BCUT2D eigenvalue weighted by molar-refractivity contribution is 5.48. The van der Waals surface area contributed by atoms with E-state index in [1.54, 1.807) is 0 Å². The Morgan fingerprint density at radius 3 is 2.67 bits per heavy atom. The van der Waals surface area contributed by atoms with Crippen molar-refractivity contribution in [3.63, 3.8) is 0 Å². The second-order valence-corrected chi connectivity index (χ2v) is 4.24. The van der Waals surface area contributed by atoms with Gasteiger partial charge in [-0.2, -0.15) is 0 Å². The van der Waals surface area contributed by atoms with E-state index in [-0.39, 0.29) is 0 Å². The second kappa shape index (κ2) is 5.10. The number of ether oxygens (including phenoxy) is 2. The molecule has 0 bridgehead atoms. The van der Waals surface area contributed by atoms with Crippen LogP contribution in [0.4, 0.5) is 0 Å². The topological polar surface area (TPSA) is 30.5 Å². The van der Waals surface area contributed by atoms with Gasteiger partial charge < -0.3 is 14.8 Å². The lowest BCUT2D eigenvalue weighted by Crippen LogP contribution is -2.13. The number of nitrogens with one attached hydrogen (secondary N) is 1. The Labute approximate surface area is 106 Å². The van der Waals surface area contributed by atoms with Crippen LogP contribution < -0.4 is 14.8 Å². The highest BCUT2D eigenvalue weighted by atomic mass is 16.7. The van der Waals surface area contributed by atoms with E-state index < -0.39 is 0 Å². The molecule has 0 saturated heterocycles. The summed E-state index contributed by atoms with van der Waals surface area (Å²) in [6, 6.07) is 16.3. The van der Waals surface area contributed by atoms with Crippen LogP contribution in [0.2, 0.25) is 0 Å². The highest BCUT2D eigenvalue weighted by Gasteiger charge is 2.16. The van der Waals surface area contributed by atoms with Gasteiger partial charge in [0.1, 0.15) is 0 Å². The van der Waals surface area contributed by atoms with Gasteiger partial charge in [-0.1, -0.05) is 42.5 Å². The quantitative estimate of drug-likeness (QED) is 0.892. The maximum Gasteiger partial charge on any atom is 0.231 e. The van der Waals surface area contributed by atoms with E-state index in [9.17, 15) is 0 Å². The molecule has 0 spiro atoms. The normalized spacial score (nSPS) is 12.7. The summed E-state index contributed by atoms with van der Waals surface area (Å²) in [5.41, 5.74) is 2.42. The maximum absolute atomic E-state index is 5.47. The van der Waals surface area contributed by atoms with Gasteiger partial charge >= 0.3 is 0 Å². The number of para-hydroxylation sites is 1. The van der Waals surface area contributed by atoms with Crippen molar-refractivity contribution < 1.29 is 9.47 Å². The average Bonchev–Trinajstić information content (AvgIpc) is 2.89. The minimum atomic E-state index is 0.324. The highest BCUT2D eigenvalue weighted by Crippen LogP contribution is 2.35. The molecule has 0 fully saturated rings. The van der Waals surface area contributed by atoms with E-state index >= 15 is 0 Å². The summed E-state index contributed by atoms with van der Waals surface area (Å²) in [5.74, 6) is 1.71. The molecule has 3 nitrogen and oxygen atoms in total. The van der Waals surface area contributed by atoms with E-state index in [0.717, 1.165) is 30.2 Å². The summed E-state index contributed by atoms with van der Waals surface area (Å²) in [7, 11) is 0. The molecule has 0 radical (unpaired) electrons. The fourth-order valence-electron chi connectivity index (χ4n) is 2.07. The van der Waals surface area contributed by atoms with E-state index in [0.29, 0.717) is 6.79 Å². The molecule has 1 N–H and O–H groups in total. The summed E-state index contributed by atoms with van der Waals surface area (Å²) in [6.07, 6.45) is 0. The molecule has 0 saturated carbocycles. The number of rotatable bonds is 4. The zero-order valence-corrected chi connectivity index (χ0v) is 10.1. The van der Waals surface area contributed by atoms with Crippen LogP contribution in [0.15, 0.2) is 48.5 Å². The molecule has 2 aromatic rings. The Kier molecular flexibility index (Phi) is 3.15. The summed E-state index contributed by atoms with van der Waals surface area (Å²) in [5, 5.41) is 3.41. The summed E-state index contributed by atoms with van der Waals surface area (Å²) in [6.45, 7) is 1.96. The van der Waals surface area contributed by atoms with Gasteiger partial charge in [-0.05, 0) is 11.6 Å². The van der Waals surface area contributed by atoms with Crippen molar-refractivity contribution in [3.8, 4) is 11.5 Å². The van der Waals surface area contributed by atoms with Gasteiger partial charge in [0.2, 0.25) is 6.79 Å². The molecule has 0 aromatic heterocycles. The molecular formula is C15H15NO2. The van der Waals surface area contributed by atoms with Crippen molar-refractivity contribution in [2.45, 2.75) is 13.1 Å². The van der Waals surface area contributed by atoms with Gasteiger partial charge in [0, 0.05) is 18.7 Å². The molecule has 3 heteroatoms. The van der Waals surface area contributed by atoms with Crippen molar-refractivity contribution in [3.05, 3.63) is 59.7 Å². The first-order chi connectivity index (χ1) is 8.93. The first kappa shape index (κ1) is 11.1. The van der Waals surface area contributed by atoms with Crippen LogP contribution in [0.1, 0.15) is 11.1 Å². The van der Waals surface area contributed by atoms with E-state index in [1.807, 2.05) is 30.3 Å². The number of fused-ring (bicyclic) bond motifs is 1. The van der Waals surface area contributed by atoms with E-state index in [1.165, 1.54) is 5.56 Å². The van der Waals surface area contributed by atoms with Gasteiger partial charge in [-0.3, -0.25) is 0 Å². The minimum absolute atomic E-state index is 0.324. The monoisotopic (exact) mass is 241 g/mol. The molecule has 0 amide bonds. The lowest BCUT2D eigenvalue weighted by Gasteiger charge is -2.07. The van der Waals surface area contributed by atoms with Crippen LogP contribution in [-0.2, 0) is 13.1 Å². The van der Waals surface area contributed by atoms with Crippen molar-refractivity contribution in [1.82, 2.24) is 5.32 Å². The van der Waals surface area contributed by atoms with E-state index in [2.05, 4.69) is 23.5 Å². The number of hydrogen-bond donors (Lipinski definition) is 1. The molecule has 0 unspecified atom stereocenters.